The molecule has 1 saturated carbocycles. The predicted molar refractivity (Wildman–Crippen MR) is 80.0 cm³/mol. The highest BCUT2D eigenvalue weighted by Crippen LogP contribution is 2.25. The second-order valence-electron chi connectivity index (χ2n) is 6.37. The topological polar surface area (TPSA) is 69.6 Å². The van der Waals surface area contributed by atoms with Gasteiger partial charge in [0, 0.05) is 25.7 Å². The third-order valence-corrected chi connectivity index (χ3v) is 6.03. The highest BCUT2D eigenvalue weighted by Gasteiger charge is 2.28. The number of sulfonamides is 1. The number of rotatable bonds is 5. The summed E-state index contributed by atoms with van der Waals surface area (Å²) in [5.74, 6) is 0.776. The van der Waals surface area contributed by atoms with Crippen LogP contribution in [0.25, 0.3) is 0 Å². The molecule has 5 nitrogen and oxygen atoms in total. The van der Waals surface area contributed by atoms with Gasteiger partial charge in [0.2, 0.25) is 10.0 Å². The van der Waals surface area contributed by atoms with Crippen LogP contribution >= 0.6 is 0 Å². The summed E-state index contributed by atoms with van der Waals surface area (Å²) < 4.78 is 24.8. The Balaban J connectivity index is 1.81. The largest absolute Gasteiger partial charge is 0.396 e. The minimum absolute atomic E-state index is 0.262. The van der Waals surface area contributed by atoms with Crippen LogP contribution in [0.3, 0.4) is 0 Å². The molecule has 3 atom stereocenters. The van der Waals surface area contributed by atoms with Crippen molar-refractivity contribution in [1.82, 2.24) is 9.62 Å². The van der Waals surface area contributed by atoms with Crippen molar-refractivity contribution in [3.63, 3.8) is 0 Å². The maximum absolute atomic E-state index is 11.6. The van der Waals surface area contributed by atoms with E-state index in [1.165, 1.54) is 19.1 Å². The van der Waals surface area contributed by atoms with Crippen LogP contribution in [-0.2, 0) is 10.0 Å². The molecule has 0 aromatic carbocycles. The maximum Gasteiger partial charge on any atom is 0.211 e. The standard InChI is InChI=1S/C14H28N2O3S/c1-20(18,19)16-8-4-5-12(10-16)9-15-14-7-3-2-6-13(14)11-17/h12-15,17H,2-11H2,1H3. The summed E-state index contributed by atoms with van der Waals surface area (Å²) >= 11 is 0. The fraction of sp³-hybridized carbons (Fsp3) is 1.00. The summed E-state index contributed by atoms with van der Waals surface area (Å²) in [7, 11) is -3.05. The number of piperidine rings is 1. The number of aliphatic hydroxyl groups is 1. The molecule has 0 bridgehead atoms. The van der Waals surface area contributed by atoms with E-state index in [0.29, 0.717) is 31.0 Å². The Morgan fingerprint density at radius 2 is 1.95 bits per heavy atom. The monoisotopic (exact) mass is 304 g/mol. The lowest BCUT2D eigenvalue weighted by atomic mass is 9.84. The molecule has 0 aromatic heterocycles. The Kier molecular flexibility index (Phi) is 5.84. The van der Waals surface area contributed by atoms with E-state index < -0.39 is 10.0 Å². The molecule has 0 radical (unpaired) electrons. The zero-order chi connectivity index (χ0) is 14.6. The van der Waals surface area contributed by atoms with Gasteiger partial charge in [0.15, 0.2) is 0 Å². The first-order valence-electron chi connectivity index (χ1n) is 7.80. The van der Waals surface area contributed by atoms with Gasteiger partial charge in [-0.1, -0.05) is 12.8 Å². The second kappa shape index (κ2) is 7.20. The molecule has 1 heterocycles. The van der Waals surface area contributed by atoms with E-state index in [1.807, 2.05) is 0 Å². The third kappa shape index (κ3) is 4.41. The van der Waals surface area contributed by atoms with Crippen molar-refractivity contribution >= 4 is 10.0 Å². The van der Waals surface area contributed by atoms with Crippen molar-refractivity contribution in [3.8, 4) is 0 Å². The van der Waals surface area contributed by atoms with Gasteiger partial charge in [-0.2, -0.15) is 0 Å². The molecule has 118 valence electrons. The molecule has 20 heavy (non-hydrogen) atoms. The number of nitrogens with zero attached hydrogens (tertiary/aromatic N) is 1. The summed E-state index contributed by atoms with van der Waals surface area (Å²) in [4.78, 5) is 0. The van der Waals surface area contributed by atoms with Gasteiger partial charge in [0.1, 0.15) is 0 Å². The lowest BCUT2D eigenvalue weighted by Gasteiger charge is -2.35. The van der Waals surface area contributed by atoms with E-state index in [9.17, 15) is 13.5 Å². The number of hydrogen-bond acceptors (Lipinski definition) is 4. The fourth-order valence-electron chi connectivity index (χ4n) is 3.51. The third-order valence-electron chi connectivity index (χ3n) is 4.76. The zero-order valence-corrected chi connectivity index (χ0v) is 13.2. The van der Waals surface area contributed by atoms with Gasteiger partial charge in [-0.15, -0.1) is 0 Å². The number of hydrogen-bond donors (Lipinski definition) is 2. The van der Waals surface area contributed by atoms with Crippen LogP contribution in [0.2, 0.25) is 0 Å². The summed E-state index contributed by atoms with van der Waals surface area (Å²) in [6.07, 6.45) is 8.03. The smallest absolute Gasteiger partial charge is 0.211 e. The normalized spacial score (nSPS) is 33.2. The highest BCUT2D eigenvalue weighted by molar-refractivity contribution is 7.88. The van der Waals surface area contributed by atoms with Gasteiger partial charge in [0.05, 0.1) is 6.26 Å². The van der Waals surface area contributed by atoms with E-state index in [-0.39, 0.29) is 6.61 Å². The number of nitrogens with one attached hydrogen (secondary N) is 1. The van der Waals surface area contributed by atoms with Crippen molar-refractivity contribution in [2.75, 3.05) is 32.5 Å². The van der Waals surface area contributed by atoms with Crippen LogP contribution in [0, 0.1) is 11.8 Å². The first kappa shape index (κ1) is 16.2. The van der Waals surface area contributed by atoms with Crippen LogP contribution in [0.1, 0.15) is 38.5 Å². The minimum Gasteiger partial charge on any atom is -0.396 e. The lowest BCUT2D eigenvalue weighted by molar-refractivity contribution is 0.146. The SMILES string of the molecule is CS(=O)(=O)N1CCCC(CNC2CCCCC2CO)C1. The average Bonchev–Trinajstić information content (AvgIpc) is 2.45. The molecular weight excluding hydrogens is 276 g/mol. The molecule has 1 saturated heterocycles. The van der Waals surface area contributed by atoms with Gasteiger partial charge in [-0.3, -0.25) is 0 Å². The molecule has 0 amide bonds. The predicted octanol–water partition coefficient (Wildman–Crippen LogP) is 0.799. The Morgan fingerprint density at radius 3 is 2.65 bits per heavy atom. The highest BCUT2D eigenvalue weighted by atomic mass is 32.2. The second-order valence-corrected chi connectivity index (χ2v) is 8.35. The molecule has 2 fully saturated rings. The summed E-state index contributed by atoms with van der Waals surface area (Å²) in [6.45, 7) is 2.44. The van der Waals surface area contributed by atoms with E-state index in [1.54, 1.807) is 4.31 Å². The van der Waals surface area contributed by atoms with Gasteiger partial charge >= 0.3 is 0 Å². The van der Waals surface area contributed by atoms with Crippen molar-refractivity contribution in [2.24, 2.45) is 11.8 Å². The maximum atomic E-state index is 11.6. The van der Waals surface area contributed by atoms with Gasteiger partial charge in [0.25, 0.3) is 0 Å². The molecule has 1 aliphatic heterocycles. The van der Waals surface area contributed by atoms with Crippen molar-refractivity contribution < 1.29 is 13.5 Å². The van der Waals surface area contributed by atoms with E-state index >= 15 is 0 Å². The molecular formula is C14H28N2O3S. The molecule has 6 heteroatoms. The summed E-state index contributed by atoms with van der Waals surface area (Å²) in [6, 6.07) is 0.405. The minimum atomic E-state index is -3.05. The quantitative estimate of drug-likeness (QED) is 0.788. The van der Waals surface area contributed by atoms with Crippen molar-refractivity contribution in [1.29, 1.82) is 0 Å². The van der Waals surface area contributed by atoms with Crippen LogP contribution in [-0.4, -0.2) is 56.4 Å². The molecule has 3 unspecified atom stereocenters. The van der Waals surface area contributed by atoms with Crippen LogP contribution in [0.5, 0.6) is 0 Å². The first-order valence-corrected chi connectivity index (χ1v) is 9.65. The van der Waals surface area contributed by atoms with E-state index in [4.69, 9.17) is 0 Å². The fourth-order valence-corrected chi connectivity index (χ4v) is 4.45. The Bertz CT molecular complexity index is 399. The first-order chi connectivity index (χ1) is 9.50. The Labute approximate surface area is 122 Å². The Hall–Kier alpha value is -0.170. The van der Waals surface area contributed by atoms with Crippen molar-refractivity contribution in [2.45, 2.75) is 44.6 Å². The molecule has 2 rings (SSSR count). The number of aliphatic hydroxyl groups excluding tert-OH is 1. The van der Waals surface area contributed by atoms with Gasteiger partial charge in [-0.05, 0) is 44.1 Å². The van der Waals surface area contributed by atoms with E-state index in [2.05, 4.69) is 5.32 Å². The van der Waals surface area contributed by atoms with Gasteiger partial charge < -0.3 is 10.4 Å². The average molecular weight is 304 g/mol. The lowest BCUT2D eigenvalue weighted by Crippen LogP contribution is -2.46. The van der Waals surface area contributed by atoms with Crippen LogP contribution in [0.15, 0.2) is 0 Å². The Morgan fingerprint density at radius 1 is 1.20 bits per heavy atom. The van der Waals surface area contributed by atoms with Crippen LogP contribution < -0.4 is 5.32 Å². The molecule has 2 aliphatic rings. The summed E-state index contributed by atoms with van der Waals surface area (Å²) in [5.41, 5.74) is 0. The van der Waals surface area contributed by atoms with E-state index in [0.717, 1.165) is 32.2 Å². The van der Waals surface area contributed by atoms with Crippen molar-refractivity contribution in [3.05, 3.63) is 0 Å². The van der Waals surface area contributed by atoms with Crippen LogP contribution in [0.4, 0.5) is 0 Å². The van der Waals surface area contributed by atoms with Gasteiger partial charge in [-0.25, -0.2) is 12.7 Å². The zero-order valence-electron chi connectivity index (χ0n) is 12.4. The summed E-state index contributed by atoms with van der Waals surface area (Å²) in [5, 5.41) is 13.0. The molecule has 1 aliphatic carbocycles. The molecule has 0 aromatic rings. The molecule has 2 N–H and O–H groups in total. The molecule has 0 spiro atoms.